The van der Waals surface area contributed by atoms with E-state index in [1.165, 1.54) is 36.4 Å². The first-order chi connectivity index (χ1) is 20.3. The van der Waals surface area contributed by atoms with Gasteiger partial charge in [0.1, 0.15) is 12.6 Å². The maximum atomic E-state index is 14.2. The van der Waals surface area contributed by atoms with Crippen molar-refractivity contribution in [1.82, 2.24) is 10.2 Å². The number of carbonyl (C=O) groups excluding carboxylic acids is 2. The summed E-state index contributed by atoms with van der Waals surface area (Å²) in [6.07, 6.45) is -4.71. The number of halogens is 6. The molecule has 3 aromatic carbocycles. The number of carbonyl (C=O) groups is 2. The van der Waals surface area contributed by atoms with Crippen LogP contribution in [0.25, 0.3) is 0 Å². The quantitative estimate of drug-likeness (QED) is 0.237. The summed E-state index contributed by atoms with van der Waals surface area (Å²) in [5.41, 5.74) is -2.00. The van der Waals surface area contributed by atoms with Gasteiger partial charge in [-0.3, -0.25) is 13.9 Å². The minimum absolute atomic E-state index is 0.120. The van der Waals surface area contributed by atoms with E-state index in [1.54, 1.807) is 39.8 Å². The first-order valence-electron chi connectivity index (χ1n) is 13.3. The van der Waals surface area contributed by atoms with E-state index in [-0.39, 0.29) is 27.9 Å². The minimum atomic E-state index is -4.83. The summed E-state index contributed by atoms with van der Waals surface area (Å²) in [4.78, 5) is 28.4. The van der Waals surface area contributed by atoms with Crippen LogP contribution in [0.3, 0.4) is 0 Å². The van der Waals surface area contributed by atoms with Gasteiger partial charge in [0, 0.05) is 22.1 Å². The maximum absolute atomic E-state index is 14.2. The van der Waals surface area contributed by atoms with Crippen molar-refractivity contribution < 1.29 is 31.2 Å². The molecule has 0 aliphatic carbocycles. The summed E-state index contributed by atoms with van der Waals surface area (Å²) in [6.45, 7) is 5.71. The van der Waals surface area contributed by atoms with Gasteiger partial charge < -0.3 is 10.2 Å². The molecule has 1 atom stereocenters. The Hall–Kier alpha value is -2.99. The smallest absolute Gasteiger partial charge is 0.350 e. The summed E-state index contributed by atoms with van der Waals surface area (Å²) >= 11 is 18.7. The SMILES string of the molecule is CC[C@H](C(=O)NC(C)(C)C)N(Cc1ccc(Cl)cc1Cl)C(=O)CN(c1cc(C(F)(F)F)ccc1Cl)S(=O)(=O)c1ccccc1. The lowest BCUT2D eigenvalue weighted by molar-refractivity contribution is -0.141. The highest BCUT2D eigenvalue weighted by molar-refractivity contribution is 7.92. The van der Waals surface area contributed by atoms with Crippen molar-refractivity contribution in [3.05, 3.63) is 92.9 Å². The molecule has 0 radical (unpaired) electrons. The van der Waals surface area contributed by atoms with Gasteiger partial charge >= 0.3 is 6.18 Å². The van der Waals surface area contributed by atoms with Crippen LogP contribution in [0.15, 0.2) is 71.6 Å². The van der Waals surface area contributed by atoms with Crippen molar-refractivity contribution in [2.75, 3.05) is 10.8 Å². The molecule has 238 valence electrons. The van der Waals surface area contributed by atoms with Gasteiger partial charge in [0.05, 0.1) is 21.2 Å². The minimum Gasteiger partial charge on any atom is -0.350 e. The number of amides is 2. The zero-order chi connectivity index (χ0) is 33.0. The third kappa shape index (κ3) is 8.80. The predicted octanol–water partition coefficient (Wildman–Crippen LogP) is 7.58. The van der Waals surface area contributed by atoms with Crippen molar-refractivity contribution >= 4 is 62.3 Å². The molecular formula is C30H31Cl3F3N3O4S. The van der Waals surface area contributed by atoms with Gasteiger partial charge in [-0.25, -0.2) is 8.42 Å². The molecule has 0 saturated heterocycles. The number of hydrogen-bond acceptors (Lipinski definition) is 4. The van der Waals surface area contributed by atoms with E-state index in [9.17, 15) is 31.2 Å². The largest absolute Gasteiger partial charge is 0.416 e. The molecule has 0 aliphatic rings. The zero-order valence-corrected chi connectivity index (χ0v) is 27.3. The van der Waals surface area contributed by atoms with Crippen LogP contribution in [0.2, 0.25) is 15.1 Å². The topological polar surface area (TPSA) is 86.8 Å². The van der Waals surface area contributed by atoms with Gasteiger partial charge in [0.25, 0.3) is 10.0 Å². The van der Waals surface area contributed by atoms with Crippen molar-refractivity contribution in [2.45, 2.75) is 63.3 Å². The van der Waals surface area contributed by atoms with E-state index in [2.05, 4.69) is 5.32 Å². The average molecular weight is 693 g/mol. The fraction of sp³-hybridized carbons (Fsp3) is 0.333. The second-order valence-corrected chi connectivity index (χ2v) is 14.0. The van der Waals surface area contributed by atoms with E-state index in [0.717, 1.165) is 11.0 Å². The molecule has 44 heavy (non-hydrogen) atoms. The summed E-state index contributed by atoms with van der Waals surface area (Å²) in [7, 11) is -4.65. The predicted molar refractivity (Wildman–Crippen MR) is 166 cm³/mol. The molecular weight excluding hydrogens is 662 g/mol. The third-order valence-electron chi connectivity index (χ3n) is 6.39. The van der Waals surface area contributed by atoms with Crippen LogP contribution in [0.1, 0.15) is 45.2 Å². The lowest BCUT2D eigenvalue weighted by Gasteiger charge is -2.35. The highest BCUT2D eigenvalue weighted by Gasteiger charge is 2.37. The van der Waals surface area contributed by atoms with Gasteiger partial charge in [-0.05, 0) is 75.2 Å². The fourth-order valence-electron chi connectivity index (χ4n) is 4.32. The molecule has 0 fully saturated rings. The van der Waals surface area contributed by atoms with Gasteiger partial charge in [0.15, 0.2) is 0 Å². The van der Waals surface area contributed by atoms with Crippen LogP contribution in [0, 0.1) is 0 Å². The number of anilines is 1. The molecule has 0 spiro atoms. The van der Waals surface area contributed by atoms with E-state index < -0.39 is 57.4 Å². The molecule has 0 aliphatic heterocycles. The fourth-order valence-corrected chi connectivity index (χ4v) is 6.50. The number of nitrogens with one attached hydrogen (secondary N) is 1. The van der Waals surface area contributed by atoms with Crippen LogP contribution in [0.5, 0.6) is 0 Å². The van der Waals surface area contributed by atoms with Gasteiger partial charge in [0.2, 0.25) is 11.8 Å². The maximum Gasteiger partial charge on any atom is 0.416 e. The van der Waals surface area contributed by atoms with Crippen LogP contribution < -0.4 is 9.62 Å². The molecule has 0 bridgehead atoms. The van der Waals surface area contributed by atoms with E-state index >= 15 is 0 Å². The molecule has 1 N–H and O–H groups in total. The second-order valence-electron chi connectivity index (χ2n) is 10.9. The van der Waals surface area contributed by atoms with E-state index in [0.29, 0.717) is 27.0 Å². The molecule has 0 saturated carbocycles. The first-order valence-corrected chi connectivity index (χ1v) is 15.9. The first kappa shape index (κ1) is 35.5. The normalized spacial score (nSPS) is 12.9. The Kier molecular flexibility index (Phi) is 11.3. The van der Waals surface area contributed by atoms with Gasteiger partial charge in [-0.1, -0.05) is 66.0 Å². The summed E-state index contributed by atoms with van der Waals surface area (Å²) < 4.78 is 69.5. The van der Waals surface area contributed by atoms with Crippen molar-refractivity contribution in [3.8, 4) is 0 Å². The number of hydrogen-bond donors (Lipinski definition) is 1. The summed E-state index contributed by atoms with van der Waals surface area (Å²) in [5, 5.41) is 3.00. The lowest BCUT2D eigenvalue weighted by Crippen LogP contribution is -2.55. The second kappa shape index (κ2) is 14.0. The molecule has 0 heterocycles. The molecule has 3 rings (SSSR count). The Morgan fingerprint density at radius 1 is 0.909 bits per heavy atom. The number of nitrogens with zero attached hydrogens (tertiary/aromatic N) is 2. The Morgan fingerprint density at radius 2 is 1.55 bits per heavy atom. The van der Waals surface area contributed by atoms with Crippen LogP contribution in [-0.4, -0.2) is 43.3 Å². The highest BCUT2D eigenvalue weighted by Crippen LogP contribution is 2.37. The number of rotatable bonds is 10. The van der Waals surface area contributed by atoms with Crippen molar-refractivity contribution in [3.63, 3.8) is 0 Å². The molecule has 3 aromatic rings. The molecule has 0 aromatic heterocycles. The van der Waals surface area contributed by atoms with Crippen LogP contribution in [0.4, 0.5) is 18.9 Å². The number of alkyl halides is 3. The van der Waals surface area contributed by atoms with Crippen molar-refractivity contribution in [2.24, 2.45) is 0 Å². The lowest BCUT2D eigenvalue weighted by atomic mass is 10.1. The Bertz CT molecular complexity index is 1620. The number of sulfonamides is 1. The Labute approximate surface area is 269 Å². The van der Waals surface area contributed by atoms with Crippen LogP contribution >= 0.6 is 34.8 Å². The molecule has 14 heteroatoms. The Morgan fingerprint density at radius 3 is 2.09 bits per heavy atom. The van der Waals surface area contributed by atoms with Crippen LogP contribution in [-0.2, 0) is 32.3 Å². The van der Waals surface area contributed by atoms with E-state index in [4.69, 9.17) is 34.8 Å². The highest BCUT2D eigenvalue weighted by atomic mass is 35.5. The van der Waals surface area contributed by atoms with E-state index in [1.807, 2.05) is 0 Å². The summed E-state index contributed by atoms with van der Waals surface area (Å²) in [6, 6.07) is 12.5. The molecule has 2 amide bonds. The standard InChI is InChI=1S/C30H31Cl3F3N3O4S/c1-5-25(28(41)37-29(2,3)4)38(17-19-11-13-21(31)16-24(19)33)27(40)18-39(44(42,43)22-9-7-6-8-10-22)26-15-20(30(34,35)36)12-14-23(26)32/h6-16,25H,5,17-18H2,1-4H3,(H,37,41)/t25-/m1/s1. The van der Waals surface area contributed by atoms with Gasteiger partial charge in [-0.15, -0.1) is 0 Å². The molecule has 0 unspecified atom stereocenters. The van der Waals surface area contributed by atoms with Crippen molar-refractivity contribution in [1.29, 1.82) is 0 Å². The monoisotopic (exact) mass is 691 g/mol. The van der Waals surface area contributed by atoms with Gasteiger partial charge in [-0.2, -0.15) is 13.2 Å². The summed E-state index contributed by atoms with van der Waals surface area (Å²) in [5.74, 6) is -1.41. The third-order valence-corrected chi connectivity index (χ3v) is 9.07. The molecule has 7 nitrogen and oxygen atoms in total. The Balaban J connectivity index is 2.19. The number of benzene rings is 3. The zero-order valence-electron chi connectivity index (χ0n) is 24.3. The average Bonchev–Trinajstić information content (AvgIpc) is 2.92.